The minimum atomic E-state index is -4.36. The Kier molecular flexibility index (Phi) is 4.05. The highest BCUT2D eigenvalue weighted by molar-refractivity contribution is 5.91. The summed E-state index contributed by atoms with van der Waals surface area (Å²) in [5.41, 5.74) is -3.61. The van der Waals surface area contributed by atoms with Gasteiger partial charge in [-0.1, -0.05) is 0 Å². The SMILES string of the molecule is CC(C)(C)OC(=O)N1[C@@H]2C[C@@H]2C[C@H]1C(=O)NC(C(=O)O)C12CC(C(F)(F)F)(C1)C2. The van der Waals surface area contributed by atoms with Gasteiger partial charge in [0.2, 0.25) is 5.91 Å². The van der Waals surface area contributed by atoms with Gasteiger partial charge in [0.05, 0.1) is 5.41 Å². The van der Waals surface area contributed by atoms with E-state index in [-0.39, 0.29) is 31.2 Å². The van der Waals surface area contributed by atoms with E-state index in [9.17, 15) is 32.7 Å². The third-order valence-corrected chi connectivity index (χ3v) is 6.83. The zero-order valence-corrected chi connectivity index (χ0v) is 16.5. The van der Waals surface area contributed by atoms with Crippen LogP contribution in [0.4, 0.5) is 18.0 Å². The molecule has 0 radical (unpaired) electrons. The highest BCUT2D eigenvalue weighted by atomic mass is 19.4. The summed E-state index contributed by atoms with van der Waals surface area (Å²) in [5, 5.41) is 12.0. The van der Waals surface area contributed by atoms with Crippen LogP contribution in [-0.2, 0) is 14.3 Å². The number of hydrogen-bond acceptors (Lipinski definition) is 4. The molecule has 0 spiro atoms. The highest BCUT2D eigenvalue weighted by Crippen LogP contribution is 2.79. The van der Waals surface area contributed by atoms with Crippen LogP contribution in [0.15, 0.2) is 0 Å². The first-order valence-corrected chi connectivity index (χ1v) is 9.79. The van der Waals surface area contributed by atoms with Crippen LogP contribution < -0.4 is 5.32 Å². The van der Waals surface area contributed by atoms with Crippen LogP contribution in [0.2, 0.25) is 0 Å². The van der Waals surface area contributed by atoms with Crippen molar-refractivity contribution in [3.8, 4) is 0 Å². The van der Waals surface area contributed by atoms with E-state index in [0.717, 1.165) is 6.42 Å². The normalized spacial score (nSPS) is 38.3. The second kappa shape index (κ2) is 5.78. The molecule has 2 bridgehead atoms. The van der Waals surface area contributed by atoms with Gasteiger partial charge < -0.3 is 15.2 Å². The first kappa shape index (κ1) is 20.3. The molecule has 4 aliphatic carbocycles. The lowest BCUT2D eigenvalue weighted by atomic mass is 9.33. The summed E-state index contributed by atoms with van der Waals surface area (Å²) in [6.45, 7) is 5.13. The molecule has 10 heteroatoms. The number of alkyl halides is 3. The highest BCUT2D eigenvalue weighted by Gasteiger charge is 2.81. The number of nitrogens with zero attached hydrogens (tertiary/aromatic N) is 1. The van der Waals surface area contributed by atoms with E-state index in [4.69, 9.17) is 4.74 Å². The second-order valence-electron chi connectivity index (χ2n) is 10.2. The molecular weight excluding hydrogens is 393 g/mol. The summed E-state index contributed by atoms with van der Waals surface area (Å²) in [4.78, 5) is 38.5. The number of likely N-dealkylation sites (tertiary alicyclic amines) is 1. The summed E-state index contributed by atoms with van der Waals surface area (Å²) < 4.78 is 44.7. The molecule has 4 saturated carbocycles. The Hall–Kier alpha value is -2.00. The van der Waals surface area contributed by atoms with Crippen LogP contribution in [0.5, 0.6) is 0 Å². The number of carbonyl (C=O) groups is 3. The Morgan fingerprint density at radius 1 is 1.14 bits per heavy atom. The third-order valence-electron chi connectivity index (χ3n) is 6.83. The molecule has 29 heavy (non-hydrogen) atoms. The standard InChI is InChI=1S/C19H25F3N2O5/c1-16(2,3)29-15(28)24-10-4-9(10)5-11(24)13(25)23-12(14(26)27)17-6-18(7-17,8-17)19(20,21)22/h9-12H,4-8H2,1-3H3,(H,23,25)(H,26,27)/t9-,10-,11+,12?,17?,18?/m1/s1. The van der Waals surface area contributed by atoms with E-state index < -0.39 is 52.7 Å². The Labute approximate surface area is 165 Å². The number of carbonyl (C=O) groups excluding carboxylic acids is 2. The number of hydrogen-bond donors (Lipinski definition) is 2. The lowest BCUT2D eigenvalue weighted by Gasteiger charge is -2.72. The van der Waals surface area contributed by atoms with Gasteiger partial charge in [0.1, 0.15) is 17.7 Å². The largest absolute Gasteiger partial charge is 0.480 e. The monoisotopic (exact) mass is 418 g/mol. The number of amides is 2. The van der Waals surface area contributed by atoms with Crippen molar-refractivity contribution in [3.05, 3.63) is 0 Å². The maximum absolute atomic E-state index is 13.1. The molecule has 162 valence electrons. The number of aliphatic carboxylic acids is 1. The number of halogens is 3. The second-order valence-corrected chi connectivity index (χ2v) is 10.2. The molecule has 1 heterocycles. The molecule has 5 fully saturated rings. The first-order chi connectivity index (χ1) is 13.2. The van der Waals surface area contributed by atoms with Gasteiger partial charge >= 0.3 is 18.2 Å². The lowest BCUT2D eigenvalue weighted by Crippen LogP contribution is -2.76. The van der Waals surface area contributed by atoms with Crippen LogP contribution in [-0.4, -0.2) is 57.9 Å². The molecule has 5 rings (SSSR count). The van der Waals surface area contributed by atoms with Crippen molar-refractivity contribution in [2.75, 3.05) is 0 Å². The van der Waals surface area contributed by atoms with Gasteiger partial charge in [-0.05, 0) is 58.8 Å². The van der Waals surface area contributed by atoms with Gasteiger partial charge in [-0.3, -0.25) is 9.69 Å². The zero-order chi connectivity index (χ0) is 21.6. The van der Waals surface area contributed by atoms with Crippen molar-refractivity contribution in [3.63, 3.8) is 0 Å². The molecule has 2 N–H and O–H groups in total. The Balaban J connectivity index is 1.44. The van der Waals surface area contributed by atoms with Crippen LogP contribution in [0.1, 0.15) is 52.9 Å². The van der Waals surface area contributed by atoms with Gasteiger partial charge in [0.25, 0.3) is 0 Å². The predicted octanol–water partition coefficient (Wildman–Crippen LogP) is 2.69. The van der Waals surface area contributed by atoms with Crippen molar-refractivity contribution in [2.45, 2.75) is 82.8 Å². The number of fused-ring (bicyclic) bond motifs is 1. The van der Waals surface area contributed by atoms with Crippen LogP contribution in [0.25, 0.3) is 0 Å². The summed E-state index contributed by atoms with van der Waals surface area (Å²) in [6, 6.07) is -2.36. The molecule has 0 aromatic carbocycles. The first-order valence-electron chi connectivity index (χ1n) is 9.79. The van der Waals surface area contributed by atoms with Gasteiger partial charge in [0.15, 0.2) is 0 Å². The summed E-state index contributed by atoms with van der Waals surface area (Å²) in [6.07, 6.45) is -4.67. The number of carboxylic acids is 1. The molecule has 5 aliphatic rings. The minimum Gasteiger partial charge on any atom is -0.480 e. The van der Waals surface area contributed by atoms with Crippen molar-refractivity contribution in [1.29, 1.82) is 0 Å². The van der Waals surface area contributed by atoms with Gasteiger partial charge in [-0.15, -0.1) is 0 Å². The fourth-order valence-electron chi connectivity index (χ4n) is 5.46. The van der Waals surface area contributed by atoms with E-state index in [1.165, 1.54) is 4.90 Å². The number of ether oxygens (including phenoxy) is 1. The molecule has 0 aromatic rings. The van der Waals surface area contributed by atoms with Crippen molar-refractivity contribution < 1.29 is 37.4 Å². The van der Waals surface area contributed by atoms with Crippen molar-refractivity contribution in [2.24, 2.45) is 16.7 Å². The fourth-order valence-corrected chi connectivity index (χ4v) is 5.46. The lowest BCUT2D eigenvalue weighted by molar-refractivity contribution is -0.367. The molecular formula is C19H25F3N2O5. The van der Waals surface area contributed by atoms with Crippen LogP contribution in [0, 0.1) is 16.7 Å². The molecule has 1 unspecified atom stereocenters. The average Bonchev–Trinajstić information content (AvgIpc) is 3.09. The number of carboxylic acid groups (broad SMARTS) is 1. The summed E-state index contributed by atoms with van der Waals surface area (Å²) in [7, 11) is 0. The van der Waals surface area contributed by atoms with E-state index >= 15 is 0 Å². The average molecular weight is 418 g/mol. The fraction of sp³-hybridized carbons (Fsp3) is 0.842. The minimum absolute atomic E-state index is 0.104. The van der Waals surface area contributed by atoms with Crippen LogP contribution in [0.3, 0.4) is 0 Å². The number of nitrogens with one attached hydrogen (secondary N) is 1. The summed E-state index contributed by atoms with van der Waals surface area (Å²) in [5.74, 6) is -1.81. The molecule has 2 amide bonds. The van der Waals surface area contributed by atoms with E-state index in [2.05, 4.69) is 5.32 Å². The topological polar surface area (TPSA) is 95.9 Å². The van der Waals surface area contributed by atoms with E-state index in [0.29, 0.717) is 6.42 Å². The van der Waals surface area contributed by atoms with Gasteiger partial charge in [0, 0.05) is 11.5 Å². The number of piperidine rings is 1. The van der Waals surface area contributed by atoms with Gasteiger partial charge in [-0.25, -0.2) is 9.59 Å². The quantitative estimate of drug-likeness (QED) is 0.732. The number of rotatable bonds is 4. The van der Waals surface area contributed by atoms with E-state index in [1.54, 1.807) is 20.8 Å². The van der Waals surface area contributed by atoms with Crippen molar-refractivity contribution >= 4 is 18.0 Å². The third kappa shape index (κ3) is 3.06. The van der Waals surface area contributed by atoms with Gasteiger partial charge in [-0.2, -0.15) is 13.2 Å². The maximum atomic E-state index is 13.1. The molecule has 0 aromatic heterocycles. The Morgan fingerprint density at radius 3 is 2.21 bits per heavy atom. The smallest absolute Gasteiger partial charge is 0.411 e. The summed E-state index contributed by atoms with van der Waals surface area (Å²) >= 11 is 0. The molecule has 7 nitrogen and oxygen atoms in total. The molecule has 4 atom stereocenters. The van der Waals surface area contributed by atoms with Crippen LogP contribution >= 0.6 is 0 Å². The molecule has 1 aliphatic heterocycles. The van der Waals surface area contributed by atoms with Crippen molar-refractivity contribution in [1.82, 2.24) is 10.2 Å². The zero-order valence-electron chi connectivity index (χ0n) is 16.5. The predicted molar refractivity (Wildman–Crippen MR) is 92.7 cm³/mol. The van der Waals surface area contributed by atoms with E-state index in [1.807, 2.05) is 0 Å². The Bertz CT molecular complexity index is 755. The maximum Gasteiger partial charge on any atom is 0.411 e. The molecule has 1 saturated heterocycles. The Morgan fingerprint density at radius 2 is 1.72 bits per heavy atom.